The summed E-state index contributed by atoms with van der Waals surface area (Å²) in [5.41, 5.74) is 1.32. The maximum absolute atomic E-state index is 13.6. The molecule has 0 bridgehead atoms. The van der Waals surface area contributed by atoms with E-state index in [0.717, 1.165) is 0 Å². The third-order valence-corrected chi connectivity index (χ3v) is 6.37. The molecule has 8 heteroatoms. The molecule has 1 amide bonds. The molecule has 3 aromatic carbocycles. The van der Waals surface area contributed by atoms with Crippen LogP contribution in [0.4, 0.5) is 5.69 Å². The summed E-state index contributed by atoms with van der Waals surface area (Å²) in [6.45, 7) is 9.14. The zero-order chi connectivity index (χ0) is 28.8. The van der Waals surface area contributed by atoms with E-state index in [1.54, 1.807) is 73.8 Å². The molecule has 3 aromatic rings. The SMILES string of the molecule is CCOc1ccc(/C(O)=C2/C(=O)C(=O)N(c3ccc(OCC(C)C)cc3)C2c2cccc(OC)c2)c(OCC)c1. The molecule has 1 aliphatic rings. The van der Waals surface area contributed by atoms with Crippen LogP contribution in [0.25, 0.3) is 5.76 Å². The lowest BCUT2D eigenvalue weighted by atomic mass is 9.94. The van der Waals surface area contributed by atoms with Crippen LogP contribution >= 0.6 is 0 Å². The highest BCUT2D eigenvalue weighted by molar-refractivity contribution is 6.51. The van der Waals surface area contributed by atoms with E-state index in [0.29, 0.717) is 60.0 Å². The fourth-order valence-electron chi connectivity index (χ4n) is 4.57. The Hall–Kier alpha value is -4.46. The lowest BCUT2D eigenvalue weighted by Gasteiger charge is -2.26. The number of amides is 1. The van der Waals surface area contributed by atoms with Gasteiger partial charge in [-0.2, -0.15) is 0 Å². The number of methoxy groups -OCH3 is 1. The highest BCUT2D eigenvalue weighted by atomic mass is 16.5. The highest BCUT2D eigenvalue weighted by Gasteiger charge is 2.47. The number of nitrogens with zero attached hydrogens (tertiary/aromatic N) is 1. The average Bonchev–Trinajstić information content (AvgIpc) is 3.22. The van der Waals surface area contributed by atoms with Gasteiger partial charge in [0, 0.05) is 11.8 Å². The number of hydrogen-bond donors (Lipinski definition) is 1. The Bertz CT molecular complexity index is 1390. The largest absolute Gasteiger partial charge is 0.507 e. The second-order valence-electron chi connectivity index (χ2n) is 9.67. The third-order valence-electron chi connectivity index (χ3n) is 6.37. The molecule has 8 nitrogen and oxygen atoms in total. The topological polar surface area (TPSA) is 94.5 Å². The van der Waals surface area contributed by atoms with Crippen molar-refractivity contribution in [3.63, 3.8) is 0 Å². The minimum Gasteiger partial charge on any atom is -0.507 e. The van der Waals surface area contributed by atoms with Gasteiger partial charge in [-0.25, -0.2) is 0 Å². The summed E-state index contributed by atoms with van der Waals surface area (Å²) < 4.78 is 22.6. The Balaban J connectivity index is 1.87. The highest BCUT2D eigenvalue weighted by Crippen LogP contribution is 2.44. The number of hydrogen-bond acceptors (Lipinski definition) is 7. The van der Waals surface area contributed by atoms with Crippen molar-refractivity contribution in [2.45, 2.75) is 33.7 Å². The molecule has 0 spiro atoms. The second-order valence-corrected chi connectivity index (χ2v) is 9.67. The van der Waals surface area contributed by atoms with Gasteiger partial charge in [0.1, 0.15) is 28.8 Å². The van der Waals surface area contributed by atoms with E-state index in [2.05, 4.69) is 13.8 Å². The van der Waals surface area contributed by atoms with Crippen LogP contribution < -0.4 is 23.8 Å². The van der Waals surface area contributed by atoms with Gasteiger partial charge in [-0.15, -0.1) is 0 Å². The van der Waals surface area contributed by atoms with Crippen molar-refractivity contribution in [3.8, 4) is 23.0 Å². The lowest BCUT2D eigenvalue weighted by molar-refractivity contribution is -0.132. The molecule has 40 heavy (non-hydrogen) atoms. The molecular weight excluding hydrogens is 510 g/mol. The van der Waals surface area contributed by atoms with Crippen LogP contribution in [-0.4, -0.2) is 43.7 Å². The first-order valence-corrected chi connectivity index (χ1v) is 13.4. The lowest BCUT2D eigenvalue weighted by Crippen LogP contribution is -2.29. The zero-order valence-corrected chi connectivity index (χ0v) is 23.5. The number of carbonyl (C=O) groups is 2. The molecular formula is C32H35NO7. The molecule has 210 valence electrons. The van der Waals surface area contributed by atoms with Gasteiger partial charge in [0.05, 0.1) is 44.1 Å². The first-order chi connectivity index (χ1) is 19.3. The number of Topliss-reactive ketones (excluding diaryl/α,β-unsaturated/α-hetero) is 1. The molecule has 1 aliphatic heterocycles. The van der Waals surface area contributed by atoms with E-state index in [-0.39, 0.29) is 16.9 Å². The van der Waals surface area contributed by atoms with Crippen molar-refractivity contribution in [2.24, 2.45) is 5.92 Å². The molecule has 1 saturated heterocycles. The predicted octanol–water partition coefficient (Wildman–Crippen LogP) is 6.15. The third kappa shape index (κ3) is 5.91. The van der Waals surface area contributed by atoms with Crippen LogP contribution in [0.5, 0.6) is 23.0 Å². The van der Waals surface area contributed by atoms with Crippen molar-refractivity contribution in [1.29, 1.82) is 0 Å². The molecule has 0 saturated carbocycles. The van der Waals surface area contributed by atoms with Gasteiger partial charge in [-0.1, -0.05) is 26.0 Å². The van der Waals surface area contributed by atoms with Gasteiger partial charge < -0.3 is 24.1 Å². The summed E-state index contributed by atoms with van der Waals surface area (Å²) >= 11 is 0. The van der Waals surface area contributed by atoms with Crippen LogP contribution in [-0.2, 0) is 9.59 Å². The van der Waals surface area contributed by atoms with Gasteiger partial charge in [0.25, 0.3) is 11.7 Å². The van der Waals surface area contributed by atoms with Gasteiger partial charge in [0.2, 0.25) is 0 Å². The molecule has 0 radical (unpaired) electrons. The van der Waals surface area contributed by atoms with Crippen molar-refractivity contribution in [3.05, 3.63) is 83.4 Å². The number of carbonyl (C=O) groups excluding carboxylic acids is 2. The van der Waals surface area contributed by atoms with E-state index in [9.17, 15) is 14.7 Å². The van der Waals surface area contributed by atoms with Crippen molar-refractivity contribution < 1.29 is 33.6 Å². The van der Waals surface area contributed by atoms with E-state index >= 15 is 0 Å². The summed E-state index contributed by atoms with van der Waals surface area (Å²) in [4.78, 5) is 28.5. The number of anilines is 1. The van der Waals surface area contributed by atoms with Gasteiger partial charge in [-0.05, 0) is 73.9 Å². The van der Waals surface area contributed by atoms with Crippen LogP contribution in [0.3, 0.4) is 0 Å². The first kappa shape index (κ1) is 28.5. The van der Waals surface area contributed by atoms with Gasteiger partial charge in [0.15, 0.2) is 0 Å². The fourth-order valence-corrected chi connectivity index (χ4v) is 4.57. The molecule has 0 aromatic heterocycles. The van der Waals surface area contributed by atoms with E-state index in [1.807, 2.05) is 13.8 Å². The van der Waals surface area contributed by atoms with E-state index < -0.39 is 17.7 Å². The minimum atomic E-state index is -0.918. The smallest absolute Gasteiger partial charge is 0.300 e. The number of rotatable bonds is 11. The number of ketones is 1. The Kier molecular flexibility index (Phi) is 8.99. The molecule has 1 atom stereocenters. The van der Waals surface area contributed by atoms with Crippen molar-refractivity contribution >= 4 is 23.1 Å². The summed E-state index contributed by atoms with van der Waals surface area (Å²) in [5.74, 6) is 0.572. The fraction of sp³-hybridized carbons (Fsp3) is 0.312. The summed E-state index contributed by atoms with van der Waals surface area (Å²) in [5, 5.41) is 11.6. The molecule has 0 aliphatic carbocycles. The predicted molar refractivity (Wildman–Crippen MR) is 153 cm³/mol. The summed E-state index contributed by atoms with van der Waals surface area (Å²) in [6.07, 6.45) is 0. The van der Waals surface area contributed by atoms with Crippen LogP contribution in [0.1, 0.15) is 44.9 Å². The monoisotopic (exact) mass is 545 g/mol. The Morgan fingerprint density at radius 3 is 2.23 bits per heavy atom. The van der Waals surface area contributed by atoms with Crippen LogP contribution in [0.2, 0.25) is 0 Å². The number of benzene rings is 3. The first-order valence-electron chi connectivity index (χ1n) is 13.4. The minimum absolute atomic E-state index is 0.0523. The quantitative estimate of drug-likeness (QED) is 0.175. The standard InChI is InChI=1S/C32H35NO7/c1-6-38-25-15-16-26(27(18-25)39-7-2)30(34)28-29(21-9-8-10-24(17-21)37-5)33(32(36)31(28)35)22-11-13-23(14-12-22)40-19-20(3)4/h8-18,20,29,34H,6-7,19H2,1-5H3/b30-28-. The van der Waals surface area contributed by atoms with E-state index in [1.165, 1.54) is 4.90 Å². The number of aliphatic hydroxyl groups is 1. The number of ether oxygens (including phenoxy) is 4. The second kappa shape index (κ2) is 12.6. The average molecular weight is 546 g/mol. The normalized spacial score (nSPS) is 16.4. The van der Waals surface area contributed by atoms with Crippen LogP contribution in [0.15, 0.2) is 72.3 Å². The molecule has 1 N–H and O–H groups in total. The van der Waals surface area contributed by atoms with Crippen LogP contribution in [0, 0.1) is 5.92 Å². The van der Waals surface area contributed by atoms with Crippen molar-refractivity contribution in [1.82, 2.24) is 0 Å². The van der Waals surface area contributed by atoms with Crippen molar-refractivity contribution in [2.75, 3.05) is 31.8 Å². The molecule has 4 rings (SSSR count). The van der Waals surface area contributed by atoms with E-state index in [4.69, 9.17) is 18.9 Å². The number of aliphatic hydroxyl groups excluding tert-OH is 1. The molecule has 1 fully saturated rings. The Morgan fingerprint density at radius 2 is 1.57 bits per heavy atom. The van der Waals surface area contributed by atoms with Gasteiger partial charge >= 0.3 is 0 Å². The Morgan fingerprint density at radius 1 is 0.875 bits per heavy atom. The molecule has 1 heterocycles. The Labute approximate surface area is 234 Å². The maximum Gasteiger partial charge on any atom is 0.300 e. The zero-order valence-electron chi connectivity index (χ0n) is 23.5. The maximum atomic E-state index is 13.6. The summed E-state index contributed by atoms with van der Waals surface area (Å²) in [6, 6.07) is 18.1. The van der Waals surface area contributed by atoms with Gasteiger partial charge in [-0.3, -0.25) is 14.5 Å². The molecule has 1 unspecified atom stereocenters. The summed E-state index contributed by atoms with van der Waals surface area (Å²) in [7, 11) is 1.54.